The van der Waals surface area contributed by atoms with Gasteiger partial charge in [0.05, 0.1) is 24.3 Å². The molecule has 2 N–H and O–H groups in total. The van der Waals surface area contributed by atoms with Gasteiger partial charge in [0, 0.05) is 11.4 Å². The molecule has 7 nitrogen and oxygen atoms in total. The summed E-state index contributed by atoms with van der Waals surface area (Å²) in [5, 5.41) is 10.4. The van der Waals surface area contributed by atoms with Crippen molar-refractivity contribution < 1.29 is 14.3 Å². The Balaban J connectivity index is 1.48. The number of para-hydroxylation sites is 1. The first-order valence-electron chi connectivity index (χ1n) is 8.50. The highest BCUT2D eigenvalue weighted by Gasteiger charge is 2.12. The number of carbonyl (C=O) groups excluding carboxylic acids is 1. The number of nitrogens with zero attached hydrogens (tertiary/aromatic N) is 2. The smallest absolute Gasteiger partial charge is 0.249 e. The second-order valence-corrected chi connectivity index (χ2v) is 6.63. The molecular weight excluding hydrogens is 403 g/mol. The zero-order valence-electron chi connectivity index (χ0n) is 15.0. The molecule has 0 unspecified atom stereocenters. The van der Waals surface area contributed by atoms with Crippen molar-refractivity contribution in [3.8, 4) is 22.9 Å². The summed E-state index contributed by atoms with van der Waals surface area (Å²) in [5.41, 5.74) is 0.756. The number of nitrogens with one attached hydrogen (secondary N) is 2. The summed E-state index contributed by atoms with van der Waals surface area (Å²) >= 11 is 11.9. The van der Waals surface area contributed by atoms with E-state index in [0.717, 1.165) is 5.56 Å². The van der Waals surface area contributed by atoms with Gasteiger partial charge >= 0.3 is 0 Å². The fourth-order valence-corrected chi connectivity index (χ4v) is 2.94. The van der Waals surface area contributed by atoms with Gasteiger partial charge in [0.2, 0.25) is 11.9 Å². The van der Waals surface area contributed by atoms with E-state index in [4.69, 9.17) is 32.7 Å². The van der Waals surface area contributed by atoms with Gasteiger partial charge in [0.1, 0.15) is 11.5 Å². The summed E-state index contributed by atoms with van der Waals surface area (Å²) in [6, 6.07) is 12.4. The van der Waals surface area contributed by atoms with E-state index in [1.165, 1.54) is 0 Å². The maximum absolute atomic E-state index is 12.1. The van der Waals surface area contributed by atoms with Gasteiger partial charge in [0.25, 0.3) is 0 Å². The summed E-state index contributed by atoms with van der Waals surface area (Å²) < 4.78 is 10.9. The van der Waals surface area contributed by atoms with Crippen LogP contribution in [-0.2, 0) is 4.79 Å². The third-order valence-corrected chi connectivity index (χ3v) is 4.33. The highest BCUT2D eigenvalue weighted by atomic mass is 35.5. The maximum Gasteiger partial charge on any atom is 0.249 e. The third kappa shape index (κ3) is 5.15. The lowest BCUT2D eigenvalue weighted by molar-refractivity contribution is -0.116. The number of carbonyl (C=O) groups is 1. The molecule has 3 rings (SSSR count). The average Bonchev–Trinajstić information content (AvgIpc) is 3.14. The number of benzene rings is 2. The summed E-state index contributed by atoms with van der Waals surface area (Å²) in [6.45, 7) is 0.342. The van der Waals surface area contributed by atoms with Gasteiger partial charge in [-0.3, -0.25) is 15.2 Å². The highest BCUT2D eigenvalue weighted by molar-refractivity contribution is 6.35. The van der Waals surface area contributed by atoms with Crippen LogP contribution in [0.2, 0.25) is 10.0 Å². The van der Waals surface area contributed by atoms with Gasteiger partial charge in [-0.15, -0.1) is 5.10 Å². The standard InChI is InChI=1S/C19H18Cl2N4O3/c1-27-15-6-3-2-5-13(15)18-23-19(25-24-18)22-17(26)7-4-10-28-16-9-8-12(20)11-14(16)21/h2-3,5-6,8-9,11H,4,7,10H2,1H3,(H2,22,23,24,25,26). The van der Waals surface area contributed by atoms with Crippen molar-refractivity contribution in [3.05, 3.63) is 52.5 Å². The molecule has 3 aromatic rings. The number of H-pyrrole nitrogens is 1. The first-order valence-corrected chi connectivity index (χ1v) is 9.26. The van der Waals surface area contributed by atoms with Gasteiger partial charge in [-0.05, 0) is 36.8 Å². The van der Waals surface area contributed by atoms with Crippen LogP contribution >= 0.6 is 23.2 Å². The van der Waals surface area contributed by atoms with E-state index in [0.29, 0.717) is 40.4 Å². The Kier molecular flexibility index (Phi) is 6.73. The van der Waals surface area contributed by atoms with Crippen LogP contribution in [0.4, 0.5) is 5.95 Å². The Labute approximate surface area is 172 Å². The third-order valence-electron chi connectivity index (χ3n) is 3.80. The highest BCUT2D eigenvalue weighted by Crippen LogP contribution is 2.28. The van der Waals surface area contributed by atoms with Crippen LogP contribution in [0.5, 0.6) is 11.5 Å². The molecule has 0 aliphatic rings. The largest absolute Gasteiger partial charge is 0.496 e. The van der Waals surface area contributed by atoms with Crippen LogP contribution in [0.3, 0.4) is 0 Å². The molecule has 0 bridgehead atoms. The van der Waals surface area contributed by atoms with E-state index in [-0.39, 0.29) is 18.3 Å². The molecule has 0 saturated heterocycles. The van der Waals surface area contributed by atoms with Gasteiger partial charge < -0.3 is 9.47 Å². The predicted octanol–water partition coefficient (Wildman–Crippen LogP) is 4.58. The first kappa shape index (κ1) is 20.0. The lowest BCUT2D eigenvalue weighted by atomic mass is 10.2. The monoisotopic (exact) mass is 420 g/mol. The van der Waals surface area contributed by atoms with Crippen molar-refractivity contribution in [1.29, 1.82) is 0 Å². The number of methoxy groups -OCH3 is 1. The maximum atomic E-state index is 12.1. The Bertz CT molecular complexity index is 962. The number of aromatic amines is 1. The Hall–Kier alpha value is -2.77. The number of aromatic nitrogens is 3. The molecule has 9 heteroatoms. The van der Waals surface area contributed by atoms with Crippen LogP contribution in [0, 0.1) is 0 Å². The molecule has 0 aliphatic carbocycles. The topological polar surface area (TPSA) is 89.1 Å². The van der Waals surface area contributed by atoms with E-state index in [9.17, 15) is 4.79 Å². The number of halogens is 2. The number of hydrogen-bond donors (Lipinski definition) is 2. The van der Waals surface area contributed by atoms with Gasteiger partial charge in [-0.2, -0.15) is 4.98 Å². The molecule has 1 amide bonds. The second-order valence-electron chi connectivity index (χ2n) is 5.78. The quantitative estimate of drug-likeness (QED) is 0.520. The van der Waals surface area contributed by atoms with Crippen molar-refractivity contribution in [2.75, 3.05) is 19.0 Å². The second kappa shape index (κ2) is 9.43. The van der Waals surface area contributed by atoms with E-state index < -0.39 is 0 Å². The average molecular weight is 421 g/mol. The van der Waals surface area contributed by atoms with Crippen LogP contribution < -0.4 is 14.8 Å². The Morgan fingerprint density at radius 2 is 2.00 bits per heavy atom. The van der Waals surface area contributed by atoms with Crippen molar-refractivity contribution in [3.63, 3.8) is 0 Å². The number of anilines is 1. The summed E-state index contributed by atoms with van der Waals surface area (Å²) in [4.78, 5) is 16.4. The molecule has 1 heterocycles. The minimum Gasteiger partial charge on any atom is -0.496 e. The van der Waals surface area contributed by atoms with E-state index in [1.807, 2.05) is 24.3 Å². The molecule has 2 aromatic carbocycles. The number of amides is 1. The summed E-state index contributed by atoms with van der Waals surface area (Å²) in [6.07, 6.45) is 0.762. The molecule has 0 saturated carbocycles. The normalized spacial score (nSPS) is 10.5. The predicted molar refractivity (Wildman–Crippen MR) is 108 cm³/mol. The van der Waals surface area contributed by atoms with E-state index in [2.05, 4.69) is 20.5 Å². The SMILES string of the molecule is COc1ccccc1-c1nc(NC(=O)CCCOc2ccc(Cl)cc2Cl)n[nH]1. The molecule has 146 valence electrons. The lowest BCUT2D eigenvalue weighted by Crippen LogP contribution is -2.13. The zero-order chi connectivity index (χ0) is 19.9. The minimum atomic E-state index is -0.212. The number of ether oxygens (including phenoxy) is 2. The van der Waals surface area contributed by atoms with Crippen LogP contribution in [0.25, 0.3) is 11.4 Å². The Morgan fingerprint density at radius 1 is 1.18 bits per heavy atom. The molecule has 1 aromatic heterocycles. The lowest BCUT2D eigenvalue weighted by Gasteiger charge is -2.08. The fraction of sp³-hybridized carbons (Fsp3) is 0.211. The molecule has 0 aliphatic heterocycles. The van der Waals surface area contributed by atoms with Crippen molar-refractivity contribution >= 4 is 35.1 Å². The van der Waals surface area contributed by atoms with Gasteiger partial charge in [-0.1, -0.05) is 35.3 Å². The van der Waals surface area contributed by atoms with Gasteiger partial charge in [0.15, 0.2) is 5.82 Å². The molecule has 0 fully saturated rings. The summed E-state index contributed by atoms with van der Waals surface area (Å²) in [5.74, 6) is 1.69. The zero-order valence-corrected chi connectivity index (χ0v) is 16.5. The van der Waals surface area contributed by atoms with Crippen molar-refractivity contribution in [2.24, 2.45) is 0 Å². The molecule has 28 heavy (non-hydrogen) atoms. The fourth-order valence-electron chi connectivity index (χ4n) is 2.47. The van der Waals surface area contributed by atoms with Crippen LogP contribution in [0.1, 0.15) is 12.8 Å². The Morgan fingerprint density at radius 3 is 2.79 bits per heavy atom. The minimum absolute atomic E-state index is 0.201. The molecular formula is C19H18Cl2N4O3. The summed E-state index contributed by atoms with van der Waals surface area (Å²) in [7, 11) is 1.58. The van der Waals surface area contributed by atoms with Crippen molar-refractivity contribution in [1.82, 2.24) is 15.2 Å². The van der Waals surface area contributed by atoms with E-state index >= 15 is 0 Å². The van der Waals surface area contributed by atoms with Crippen LogP contribution in [-0.4, -0.2) is 34.8 Å². The van der Waals surface area contributed by atoms with E-state index in [1.54, 1.807) is 25.3 Å². The molecule has 0 radical (unpaired) electrons. The van der Waals surface area contributed by atoms with Gasteiger partial charge in [-0.25, -0.2) is 0 Å². The number of hydrogen-bond acceptors (Lipinski definition) is 5. The first-order chi connectivity index (χ1) is 13.6. The number of rotatable bonds is 8. The molecule has 0 atom stereocenters. The van der Waals surface area contributed by atoms with Crippen LogP contribution in [0.15, 0.2) is 42.5 Å². The molecule has 0 spiro atoms. The van der Waals surface area contributed by atoms with Crippen molar-refractivity contribution in [2.45, 2.75) is 12.8 Å².